The van der Waals surface area contributed by atoms with E-state index in [9.17, 15) is 22.8 Å². The summed E-state index contributed by atoms with van der Waals surface area (Å²) in [5, 5.41) is 2.22. The molecule has 0 bridgehead atoms. The maximum Gasteiger partial charge on any atom is 0.414 e. The Hall–Kier alpha value is -3.69. The van der Waals surface area contributed by atoms with E-state index in [0.29, 0.717) is 22.3 Å². The van der Waals surface area contributed by atoms with E-state index in [1.807, 2.05) is 0 Å². The number of ketones is 1. The molecule has 2 heterocycles. The highest BCUT2D eigenvalue weighted by Crippen LogP contribution is 2.25. The lowest BCUT2D eigenvalue weighted by Crippen LogP contribution is -2.21. The third-order valence-electron chi connectivity index (χ3n) is 4.25. The van der Waals surface area contributed by atoms with Gasteiger partial charge < -0.3 is 9.72 Å². The first kappa shape index (κ1) is 18.7. The third kappa shape index (κ3) is 3.68. The molecule has 10 heteroatoms. The molecule has 0 unspecified atom stereocenters. The van der Waals surface area contributed by atoms with Crippen LogP contribution in [0.2, 0.25) is 0 Å². The first-order valence-corrected chi connectivity index (χ1v) is 8.51. The molecule has 4 rings (SSSR count). The molecule has 0 saturated heterocycles. The van der Waals surface area contributed by atoms with Crippen LogP contribution in [-0.4, -0.2) is 47.1 Å². The van der Waals surface area contributed by atoms with Gasteiger partial charge in [-0.1, -0.05) is 18.2 Å². The number of imidazole rings is 1. The Morgan fingerprint density at radius 1 is 1.28 bits per heavy atom. The lowest BCUT2D eigenvalue weighted by Gasteiger charge is -2.17. The van der Waals surface area contributed by atoms with Crippen molar-refractivity contribution in [2.75, 3.05) is 18.5 Å². The number of ether oxygens (including phenoxy) is 1. The second kappa shape index (κ2) is 7.38. The number of benzene rings is 2. The second-order valence-corrected chi connectivity index (χ2v) is 6.18. The van der Waals surface area contributed by atoms with E-state index < -0.39 is 24.9 Å². The molecule has 0 aliphatic carbocycles. The highest BCUT2D eigenvalue weighted by atomic mass is 19.3. The van der Waals surface area contributed by atoms with Crippen molar-refractivity contribution in [3.8, 4) is 0 Å². The quantitative estimate of drug-likeness (QED) is 0.698. The molecule has 1 amide bonds. The zero-order chi connectivity index (χ0) is 20.5. The number of aromatic nitrogens is 2. The Kier molecular flexibility index (Phi) is 4.75. The van der Waals surface area contributed by atoms with Gasteiger partial charge in [0.25, 0.3) is 6.43 Å². The van der Waals surface area contributed by atoms with Crippen LogP contribution in [0.3, 0.4) is 0 Å². The molecular weight excluding hydrogens is 389 g/mol. The van der Waals surface area contributed by atoms with Crippen molar-refractivity contribution >= 4 is 34.6 Å². The summed E-state index contributed by atoms with van der Waals surface area (Å²) in [5.74, 6) is -0.813. The molecule has 2 aromatic carbocycles. The summed E-state index contributed by atoms with van der Waals surface area (Å²) in [6.07, 6.45) is -3.85. The summed E-state index contributed by atoms with van der Waals surface area (Å²) in [4.78, 5) is 34.7. The number of aromatic amines is 1. The predicted octanol–water partition coefficient (Wildman–Crippen LogP) is 3.55. The maximum atomic E-state index is 14.4. The monoisotopic (exact) mass is 402 g/mol. The fourth-order valence-corrected chi connectivity index (χ4v) is 3.04. The lowest BCUT2D eigenvalue weighted by atomic mass is 9.92. The van der Waals surface area contributed by atoms with Crippen LogP contribution < -0.4 is 5.32 Å². The minimum Gasteiger partial charge on any atom is -0.443 e. The molecule has 0 fully saturated rings. The van der Waals surface area contributed by atoms with Crippen LogP contribution in [0, 0.1) is 5.82 Å². The van der Waals surface area contributed by atoms with Gasteiger partial charge in [-0.2, -0.15) is 0 Å². The normalized spacial score (nSPS) is 13.4. The van der Waals surface area contributed by atoms with Crippen LogP contribution in [0.1, 0.15) is 21.5 Å². The van der Waals surface area contributed by atoms with Gasteiger partial charge in [0, 0.05) is 16.7 Å². The SMILES string of the molecule is O=C(Nc1nc2ccc(C3=NCC(=O)c4cccc(F)c43)cc2[nH]1)OCC(F)F. The number of anilines is 1. The Bertz CT molecular complexity index is 1160. The van der Waals surface area contributed by atoms with E-state index >= 15 is 0 Å². The van der Waals surface area contributed by atoms with Gasteiger partial charge in [-0.3, -0.25) is 15.1 Å². The number of amides is 1. The Morgan fingerprint density at radius 3 is 2.90 bits per heavy atom. The summed E-state index contributed by atoms with van der Waals surface area (Å²) >= 11 is 0. The van der Waals surface area contributed by atoms with Gasteiger partial charge in [0.15, 0.2) is 12.4 Å². The van der Waals surface area contributed by atoms with E-state index in [1.54, 1.807) is 24.3 Å². The van der Waals surface area contributed by atoms with Crippen molar-refractivity contribution < 1.29 is 27.5 Å². The number of aliphatic imine (C=N–C) groups is 1. The molecule has 0 saturated carbocycles. The average Bonchev–Trinajstić information content (AvgIpc) is 3.08. The molecule has 1 aliphatic rings. The Balaban J connectivity index is 1.64. The highest BCUT2D eigenvalue weighted by molar-refractivity contribution is 6.22. The van der Waals surface area contributed by atoms with E-state index in [2.05, 4.69) is 25.0 Å². The van der Waals surface area contributed by atoms with Gasteiger partial charge in [-0.15, -0.1) is 0 Å². The molecule has 148 valence electrons. The number of H-pyrrole nitrogens is 1. The molecule has 0 radical (unpaired) electrons. The van der Waals surface area contributed by atoms with Gasteiger partial charge in [-0.05, 0) is 18.2 Å². The minimum absolute atomic E-state index is 0.00348. The summed E-state index contributed by atoms with van der Waals surface area (Å²) in [6.45, 7) is -1.12. The number of hydrogen-bond acceptors (Lipinski definition) is 5. The zero-order valence-electron chi connectivity index (χ0n) is 14.7. The van der Waals surface area contributed by atoms with Crippen LogP contribution in [0.4, 0.5) is 23.9 Å². The number of rotatable bonds is 4. The van der Waals surface area contributed by atoms with Crippen molar-refractivity contribution in [3.63, 3.8) is 0 Å². The van der Waals surface area contributed by atoms with Crippen molar-refractivity contribution in [2.45, 2.75) is 6.43 Å². The number of hydrogen-bond donors (Lipinski definition) is 2. The first-order valence-electron chi connectivity index (χ1n) is 8.51. The molecule has 0 spiro atoms. The van der Waals surface area contributed by atoms with Crippen LogP contribution in [0.25, 0.3) is 11.0 Å². The number of nitrogens with zero attached hydrogens (tertiary/aromatic N) is 2. The molecule has 2 N–H and O–H groups in total. The summed E-state index contributed by atoms with van der Waals surface area (Å²) in [5.41, 5.74) is 2.25. The minimum atomic E-state index is -2.77. The molecule has 3 aromatic rings. The number of fused-ring (bicyclic) bond motifs is 2. The van der Waals surface area contributed by atoms with E-state index in [0.717, 1.165) is 0 Å². The van der Waals surface area contributed by atoms with Gasteiger partial charge in [0.2, 0.25) is 5.95 Å². The fraction of sp³-hybridized carbons (Fsp3) is 0.158. The summed E-state index contributed by atoms with van der Waals surface area (Å²) < 4.78 is 42.9. The number of nitrogens with one attached hydrogen (secondary N) is 2. The molecule has 0 atom stereocenters. The predicted molar refractivity (Wildman–Crippen MR) is 98.3 cm³/mol. The van der Waals surface area contributed by atoms with Gasteiger partial charge in [0.05, 0.1) is 16.7 Å². The molecule has 7 nitrogen and oxygen atoms in total. The number of Topliss-reactive ketones (excluding diaryl/α,β-unsaturated/α-hetero) is 1. The standard InChI is InChI=1S/C19H13F3N4O3/c20-11-3-1-2-10-14(27)7-23-17(16(10)11)9-4-5-12-13(6-9)25-18(24-12)26-19(28)29-8-15(21)22/h1-6,15H,7-8H2,(H2,24,25,26,28). The average molecular weight is 402 g/mol. The van der Waals surface area contributed by atoms with Crippen LogP contribution >= 0.6 is 0 Å². The summed E-state index contributed by atoms with van der Waals surface area (Å²) in [7, 11) is 0. The molecular formula is C19H13F3N4O3. The number of carbonyl (C=O) groups is 2. The fourth-order valence-electron chi connectivity index (χ4n) is 3.04. The zero-order valence-corrected chi connectivity index (χ0v) is 14.7. The Morgan fingerprint density at radius 2 is 2.10 bits per heavy atom. The maximum absolute atomic E-state index is 14.4. The summed E-state index contributed by atoms with van der Waals surface area (Å²) in [6, 6.07) is 9.20. The number of halogens is 3. The number of carbonyl (C=O) groups excluding carboxylic acids is 2. The lowest BCUT2D eigenvalue weighted by molar-refractivity contribution is 0.0547. The van der Waals surface area contributed by atoms with Crippen LogP contribution in [-0.2, 0) is 4.74 Å². The van der Waals surface area contributed by atoms with Crippen LogP contribution in [0.15, 0.2) is 41.4 Å². The van der Waals surface area contributed by atoms with Crippen molar-refractivity contribution in [1.82, 2.24) is 9.97 Å². The largest absolute Gasteiger partial charge is 0.443 e. The van der Waals surface area contributed by atoms with Gasteiger partial charge >= 0.3 is 6.09 Å². The second-order valence-electron chi connectivity index (χ2n) is 6.18. The van der Waals surface area contributed by atoms with E-state index in [1.165, 1.54) is 12.1 Å². The number of alkyl halides is 2. The molecule has 29 heavy (non-hydrogen) atoms. The van der Waals surface area contributed by atoms with Gasteiger partial charge in [-0.25, -0.2) is 22.9 Å². The van der Waals surface area contributed by atoms with Gasteiger partial charge in [0.1, 0.15) is 12.4 Å². The van der Waals surface area contributed by atoms with E-state index in [4.69, 9.17) is 0 Å². The first-order chi connectivity index (χ1) is 13.9. The highest BCUT2D eigenvalue weighted by Gasteiger charge is 2.25. The third-order valence-corrected chi connectivity index (χ3v) is 4.25. The Labute approximate surface area is 161 Å². The van der Waals surface area contributed by atoms with Crippen molar-refractivity contribution in [1.29, 1.82) is 0 Å². The smallest absolute Gasteiger partial charge is 0.414 e. The van der Waals surface area contributed by atoms with Crippen LogP contribution in [0.5, 0.6) is 0 Å². The molecule has 1 aromatic heterocycles. The molecule has 1 aliphatic heterocycles. The van der Waals surface area contributed by atoms with E-state index in [-0.39, 0.29) is 29.4 Å². The van der Waals surface area contributed by atoms with Crippen molar-refractivity contribution in [3.05, 3.63) is 58.9 Å². The van der Waals surface area contributed by atoms with Crippen molar-refractivity contribution in [2.24, 2.45) is 4.99 Å². The topological polar surface area (TPSA) is 96.4 Å².